The maximum atomic E-state index is 11.7. The molecular weight excluding hydrogens is 278 g/mol. The number of amides is 2. The van der Waals surface area contributed by atoms with Gasteiger partial charge in [0.15, 0.2) is 0 Å². The molecule has 110 valence electrons. The standard InChI is InChI=1S/C14H20ClN3O2/c1-11-2-3-12(10-13(11)15)17-14(19)16-4-5-18-6-8-20-9-7-18/h2-3,10H,4-9H2,1H3,(H2,16,17,19). The van der Waals surface area contributed by atoms with Crippen molar-refractivity contribution in [2.24, 2.45) is 0 Å². The van der Waals surface area contributed by atoms with E-state index in [1.807, 2.05) is 19.1 Å². The molecule has 1 heterocycles. The second kappa shape index (κ2) is 7.47. The third-order valence-electron chi connectivity index (χ3n) is 3.25. The van der Waals surface area contributed by atoms with Crippen molar-refractivity contribution in [1.29, 1.82) is 0 Å². The number of urea groups is 1. The van der Waals surface area contributed by atoms with Crippen molar-refractivity contribution in [2.45, 2.75) is 6.92 Å². The topological polar surface area (TPSA) is 53.6 Å². The first-order valence-electron chi connectivity index (χ1n) is 6.76. The van der Waals surface area contributed by atoms with Gasteiger partial charge in [0.1, 0.15) is 0 Å². The van der Waals surface area contributed by atoms with Crippen LogP contribution in [0.3, 0.4) is 0 Å². The monoisotopic (exact) mass is 297 g/mol. The zero-order valence-corrected chi connectivity index (χ0v) is 12.4. The van der Waals surface area contributed by atoms with E-state index >= 15 is 0 Å². The Bertz CT molecular complexity index is 462. The minimum Gasteiger partial charge on any atom is -0.379 e. The first-order chi connectivity index (χ1) is 9.65. The van der Waals surface area contributed by atoms with E-state index in [9.17, 15) is 4.79 Å². The number of hydrogen-bond donors (Lipinski definition) is 2. The fraction of sp³-hybridized carbons (Fsp3) is 0.500. The van der Waals surface area contributed by atoms with Gasteiger partial charge in [-0.25, -0.2) is 4.79 Å². The summed E-state index contributed by atoms with van der Waals surface area (Å²) in [5, 5.41) is 6.26. The van der Waals surface area contributed by atoms with E-state index in [-0.39, 0.29) is 6.03 Å². The molecule has 20 heavy (non-hydrogen) atoms. The molecule has 0 bridgehead atoms. The van der Waals surface area contributed by atoms with E-state index in [1.165, 1.54) is 0 Å². The van der Waals surface area contributed by atoms with Crippen LogP contribution in [0.2, 0.25) is 5.02 Å². The van der Waals surface area contributed by atoms with Gasteiger partial charge in [0.25, 0.3) is 0 Å². The molecule has 6 heteroatoms. The number of ether oxygens (including phenoxy) is 1. The molecule has 5 nitrogen and oxygen atoms in total. The number of nitrogens with zero attached hydrogens (tertiary/aromatic N) is 1. The number of nitrogens with one attached hydrogen (secondary N) is 2. The third-order valence-corrected chi connectivity index (χ3v) is 3.65. The van der Waals surface area contributed by atoms with Crippen LogP contribution in [0.5, 0.6) is 0 Å². The molecule has 1 aromatic rings. The largest absolute Gasteiger partial charge is 0.379 e. The van der Waals surface area contributed by atoms with Crippen LogP contribution in [-0.4, -0.2) is 50.3 Å². The highest BCUT2D eigenvalue weighted by Crippen LogP contribution is 2.19. The number of halogens is 1. The normalized spacial score (nSPS) is 15.9. The maximum absolute atomic E-state index is 11.7. The van der Waals surface area contributed by atoms with Crippen molar-refractivity contribution in [3.63, 3.8) is 0 Å². The minimum absolute atomic E-state index is 0.210. The van der Waals surface area contributed by atoms with Crippen LogP contribution in [0.4, 0.5) is 10.5 Å². The summed E-state index contributed by atoms with van der Waals surface area (Å²) in [5.41, 5.74) is 1.69. The van der Waals surface area contributed by atoms with Crippen molar-refractivity contribution in [1.82, 2.24) is 10.2 Å². The maximum Gasteiger partial charge on any atom is 0.319 e. The molecule has 1 aliphatic rings. The predicted octanol–water partition coefficient (Wildman–Crippen LogP) is 2.10. The highest BCUT2D eigenvalue weighted by Gasteiger charge is 2.10. The van der Waals surface area contributed by atoms with Crippen molar-refractivity contribution < 1.29 is 9.53 Å². The van der Waals surface area contributed by atoms with Gasteiger partial charge < -0.3 is 15.4 Å². The third kappa shape index (κ3) is 4.67. The quantitative estimate of drug-likeness (QED) is 0.895. The SMILES string of the molecule is Cc1ccc(NC(=O)NCCN2CCOCC2)cc1Cl. The number of benzene rings is 1. The molecule has 0 radical (unpaired) electrons. The molecule has 2 amide bonds. The van der Waals surface area contributed by atoms with Crippen LogP contribution in [0, 0.1) is 6.92 Å². The van der Waals surface area contributed by atoms with Crippen molar-refractivity contribution in [2.75, 3.05) is 44.7 Å². The van der Waals surface area contributed by atoms with E-state index in [4.69, 9.17) is 16.3 Å². The van der Waals surface area contributed by atoms with Gasteiger partial charge in [0.2, 0.25) is 0 Å². The van der Waals surface area contributed by atoms with Gasteiger partial charge in [0, 0.05) is 36.9 Å². The Morgan fingerprint density at radius 1 is 1.40 bits per heavy atom. The van der Waals surface area contributed by atoms with E-state index in [0.717, 1.165) is 38.4 Å². The van der Waals surface area contributed by atoms with Crippen LogP contribution in [0.25, 0.3) is 0 Å². The smallest absolute Gasteiger partial charge is 0.319 e. The lowest BCUT2D eigenvalue weighted by molar-refractivity contribution is 0.0388. The minimum atomic E-state index is -0.210. The number of aryl methyl sites for hydroxylation is 1. The van der Waals surface area contributed by atoms with E-state index < -0.39 is 0 Å². The average molecular weight is 298 g/mol. The van der Waals surface area contributed by atoms with Gasteiger partial charge in [-0.1, -0.05) is 17.7 Å². The molecule has 1 saturated heterocycles. The Kier molecular flexibility index (Phi) is 5.64. The van der Waals surface area contributed by atoms with E-state index in [2.05, 4.69) is 15.5 Å². The number of anilines is 1. The highest BCUT2D eigenvalue weighted by molar-refractivity contribution is 6.31. The van der Waals surface area contributed by atoms with Gasteiger partial charge in [-0.2, -0.15) is 0 Å². The highest BCUT2D eigenvalue weighted by atomic mass is 35.5. The molecule has 2 N–H and O–H groups in total. The summed E-state index contributed by atoms with van der Waals surface area (Å²) in [6.07, 6.45) is 0. The van der Waals surface area contributed by atoms with Gasteiger partial charge in [-0.3, -0.25) is 4.90 Å². The molecule has 1 fully saturated rings. The van der Waals surface area contributed by atoms with Crippen LogP contribution in [0.1, 0.15) is 5.56 Å². The molecule has 1 aliphatic heterocycles. The Balaban J connectivity index is 1.70. The predicted molar refractivity (Wildman–Crippen MR) is 80.5 cm³/mol. The van der Waals surface area contributed by atoms with Crippen LogP contribution < -0.4 is 10.6 Å². The fourth-order valence-electron chi connectivity index (χ4n) is 2.00. The summed E-state index contributed by atoms with van der Waals surface area (Å²) in [6.45, 7) is 6.78. The zero-order valence-electron chi connectivity index (χ0n) is 11.6. The Morgan fingerprint density at radius 2 is 2.15 bits per heavy atom. The summed E-state index contributed by atoms with van der Waals surface area (Å²) >= 11 is 6.01. The first-order valence-corrected chi connectivity index (χ1v) is 7.14. The van der Waals surface area contributed by atoms with E-state index in [1.54, 1.807) is 6.07 Å². The number of carbonyl (C=O) groups is 1. The molecular formula is C14H20ClN3O2. The molecule has 0 aromatic heterocycles. The van der Waals surface area contributed by atoms with Crippen LogP contribution in [-0.2, 0) is 4.74 Å². The molecule has 0 unspecified atom stereocenters. The Morgan fingerprint density at radius 3 is 2.85 bits per heavy atom. The van der Waals surface area contributed by atoms with Crippen LogP contribution in [0.15, 0.2) is 18.2 Å². The van der Waals surface area contributed by atoms with E-state index in [0.29, 0.717) is 17.3 Å². The van der Waals surface area contributed by atoms with Crippen molar-refractivity contribution >= 4 is 23.3 Å². The van der Waals surface area contributed by atoms with Crippen LogP contribution >= 0.6 is 11.6 Å². The van der Waals surface area contributed by atoms with Gasteiger partial charge >= 0.3 is 6.03 Å². The van der Waals surface area contributed by atoms with Gasteiger partial charge in [-0.15, -0.1) is 0 Å². The molecule has 0 aliphatic carbocycles. The first kappa shape index (κ1) is 15.1. The number of hydrogen-bond acceptors (Lipinski definition) is 3. The molecule has 0 spiro atoms. The summed E-state index contributed by atoms with van der Waals surface area (Å²) in [5.74, 6) is 0. The zero-order chi connectivity index (χ0) is 14.4. The second-order valence-corrected chi connectivity index (χ2v) is 5.21. The number of rotatable bonds is 4. The summed E-state index contributed by atoms with van der Waals surface area (Å²) in [6, 6.07) is 5.26. The molecule has 1 aromatic carbocycles. The Labute approximate surface area is 124 Å². The Hall–Kier alpha value is -1.30. The lowest BCUT2D eigenvalue weighted by Gasteiger charge is -2.26. The lowest BCUT2D eigenvalue weighted by Crippen LogP contribution is -2.42. The number of morpholine rings is 1. The number of carbonyl (C=O) groups excluding carboxylic acids is 1. The summed E-state index contributed by atoms with van der Waals surface area (Å²) in [7, 11) is 0. The average Bonchev–Trinajstić information content (AvgIpc) is 2.44. The molecule has 2 rings (SSSR count). The van der Waals surface area contributed by atoms with Gasteiger partial charge in [0.05, 0.1) is 13.2 Å². The molecule has 0 atom stereocenters. The summed E-state index contributed by atoms with van der Waals surface area (Å²) < 4.78 is 5.27. The summed E-state index contributed by atoms with van der Waals surface area (Å²) in [4.78, 5) is 14.0. The lowest BCUT2D eigenvalue weighted by atomic mass is 10.2. The second-order valence-electron chi connectivity index (χ2n) is 4.80. The van der Waals surface area contributed by atoms with Crippen molar-refractivity contribution in [3.8, 4) is 0 Å². The molecule has 0 saturated carbocycles. The van der Waals surface area contributed by atoms with Crippen molar-refractivity contribution in [3.05, 3.63) is 28.8 Å². The van der Waals surface area contributed by atoms with Gasteiger partial charge in [-0.05, 0) is 24.6 Å². The fourth-order valence-corrected chi connectivity index (χ4v) is 2.18.